The number of halogens is 1. The number of hydrogen-bond acceptors (Lipinski definition) is 5. The van der Waals surface area contributed by atoms with Crippen LogP contribution in [0.4, 0.5) is 4.39 Å². The first-order valence-corrected chi connectivity index (χ1v) is 13.9. The topological polar surface area (TPSA) is 114 Å². The van der Waals surface area contributed by atoms with E-state index in [1.165, 1.54) is 12.1 Å². The van der Waals surface area contributed by atoms with Crippen molar-refractivity contribution in [3.63, 3.8) is 0 Å². The van der Waals surface area contributed by atoms with Gasteiger partial charge in [-0.05, 0) is 101 Å². The maximum atomic E-state index is 14.1. The minimum atomic E-state index is -0.862. The molecule has 5 atom stereocenters. The summed E-state index contributed by atoms with van der Waals surface area (Å²) in [6, 6.07) is 12.4. The van der Waals surface area contributed by atoms with Crippen molar-refractivity contribution in [1.29, 1.82) is 5.26 Å². The SMILES string of the molecule is Cc1cc(C(=O)N[C@H](C)C(=O)N2[C@H](c3cccc(F)c3)CC[C@@H]2C(C)(C)C#N)ccc1CC1CC(C)NNC1=O. The van der Waals surface area contributed by atoms with Crippen molar-refractivity contribution in [2.45, 2.75) is 84.5 Å². The van der Waals surface area contributed by atoms with Gasteiger partial charge in [-0.2, -0.15) is 5.26 Å². The van der Waals surface area contributed by atoms with Gasteiger partial charge in [-0.3, -0.25) is 19.8 Å². The lowest BCUT2D eigenvalue weighted by Crippen LogP contribution is -2.52. The van der Waals surface area contributed by atoms with E-state index in [9.17, 15) is 24.0 Å². The summed E-state index contributed by atoms with van der Waals surface area (Å²) in [6.45, 7) is 9.16. The summed E-state index contributed by atoms with van der Waals surface area (Å²) in [5.41, 5.74) is 7.82. The molecule has 2 unspecified atom stereocenters. The number of carbonyl (C=O) groups excluding carboxylic acids is 3. The number of nitrogens with zero attached hydrogens (tertiary/aromatic N) is 2. The van der Waals surface area contributed by atoms with Crippen LogP contribution in [0.25, 0.3) is 0 Å². The Morgan fingerprint density at radius 3 is 2.65 bits per heavy atom. The van der Waals surface area contributed by atoms with Crippen molar-refractivity contribution < 1.29 is 18.8 Å². The van der Waals surface area contributed by atoms with Gasteiger partial charge in [0, 0.05) is 17.5 Å². The van der Waals surface area contributed by atoms with Crippen molar-refractivity contribution in [3.05, 3.63) is 70.5 Å². The van der Waals surface area contributed by atoms with Crippen molar-refractivity contribution in [2.24, 2.45) is 11.3 Å². The third-order valence-corrected chi connectivity index (χ3v) is 8.23. The number of amides is 3. The second-order valence-electron chi connectivity index (χ2n) is 11.8. The molecule has 4 rings (SSSR count). The summed E-state index contributed by atoms with van der Waals surface area (Å²) < 4.78 is 14.1. The molecule has 3 amide bonds. The van der Waals surface area contributed by atoms with Gasteiger partial charge in [-0.1, -0.05) is 18.2 Å². The molecule has 2 saturated heterocycles. The molecule has 0 saturated carbocycles. The first-order chi connectivity index (χ1) is 18.9. The highest BCUT2D eigenvalue weighted by Crippen LogP contribution is 2.43. The fourth-order valence-electron chi connectivity index (χ4n) is 5.90. The molecular weight excluding hydrogens is 509 g/mol. The minimum absolute atomic E-state index is 0.0389. The van der Waals surface area contributed by atoms with E-state index in [4.69, 9.17) is 0 Å². The number of aryl methyl sites for hydroxylation is 1. The molecule has 0 spiro atoms. The Morgan fingerprint density at radius 1 is 1.23 bits per heavy atom. The zero-order chi connectivity index (χ0) is 29.2. The molecule has 0 aromatic heterocycles. The number of likely N-dealkylation sites (tertiary alicyclic amines) is 1. The first kappa shape index (κ1) is 29.2. The molecule has 0 radical (unpaired) electrons. The smallest absolute Gasteiger partial charge is 0.251 e. The molecule has 0 aliphatic carbocycles. The van der Waals surface area contributed by atoms with Crippen LogP contribution in [0, 0.1) is 35.4 Å². The predicted octanol–water partition coefficient (Wildman–Crippen LogP) is 4.11. The molecule has 2 aliphatic rings. The zero-order valence-electron chi connectivity index (χ0n) is 23.8. The number of nitrogens with one attached hydrogen (secondary N) is 3. The Kier molecular flexibility index (Phi) is 8.59. The van der Waals surface area contributed by atoms with E-state index in [1.807, 2.05) is 19.9 Å². The van der Waals surface area contributed by atoms with Crippen LogP contribution >= 0.6 is 0 Å². The van der Waals surface area contributed by atoms with E-state index >= 15 is 0 Å². The van der Waals surface area contributed by atoms with Crippen LogP contribution < -0.4 is 16.2 Å². The predicted molar refractivity (Wildman–Crippen MR) is 149 cm³/mol. The Balaban J connectivity index is 1.50. The lowest BCUT2D eigenvalue weighted by molar-refractivity contribution is -0.137. The quantitative estimate of drug-likeness (QED) is 0.483. The molecule has 3 N–H and O–H groups in total. The normalized spacial score (nSPS) is 23.7. The molecule has 8 nitrogen and oxygen atoms in total. The van der Waals surface area contributed by atoms with Gasteiger partial charge in [-0.25, -0.2) is 9.82 Å². The van der Waals surface area contributed by atoms with Gasteiger partial charge in [-0.15, -0.1) is 0 Å². The molecule has 2 fully saturated rings. The van der Waals surface area contributed by atoms with Crippen molar-refractivity contribution in [2.75, 3.05) is 0 Å². The van der Waals surface area contributed by atoms with Gasteiger partial charge < -0.3 is 10.2 Å². The van der Waals surface area contributed by atoms with Crippen molar-refractivity contribution in [1.82, 2.24) is 21.1 Å². The number of hydrogen-bond donors (Lipinski definition) is 3. The van der Waals surface area contributed by atoms with Crippen LogP contribution in [-0.2, 0) is 16.0 Å². The summed E-state index contributed by atoms with van der Waals surface area (Å²) in [4.78, 5) is 40.9. The molecule has 40 heavy (non-hydrogen) atoms. The van der Waals surface area contributed by atoms with Crippen LogP contribution in [0.15, 0.2) is 42.5 Å². The fraction of sp³-hybridized carbons (Fsp3) is 0.484. The highest BCUT2D eigenvalue weighted by Gasteiger charge is 2.46. The first-order valence-electron chi connectivity index (χ1n) is 13.9. The molecule has 2 aliphatic heterocycles. The monoisotopic (exact) mass is 547 g/mol. The van der Waals surface area contributed by atoms with Crippen LogP contribution in [0.2, 0.25) is 0 Å². The van der Waals surface area contributed by atoms with Gasteiger partial charge in [0.1, 0.15) is 11.9 Å². The second-order valence-corrected chi connectivity index (χ2v) is 11.8. The van der Waals surface area contributed by atoms with E-state index in [2.05, 4.69) is 22.2 Å². The highest BCUT2D eigenvalue weighted by atomic mass is 19.1. The third-order valence-electron chi connectivity index (χ3n) is 8.23. The van der Waals surface area contributed by atoms with Gasteiger partial charge in [0.15, 0.2) is 0 Å². The van der Waals surface area contributed by atoms with E-state index in [-0.39, 0.29) is 41.5 Å². The summed E-state index contributed by atoms with van der Waals surface area (Å²) in [6.07, 6.45) is 2.50. The average molecular weight is 548 g/mol. The Hall–Kier alpha value is -3.77. The molecule has 212 valence electrons. The van der Waals surface area contributed by atoms with Gasteiger partial charge >= 0.3 is 0 Å². The third kappa shape index (κ3) is 6.18. The lowest BCUT2D eigenvalue weighted by atomic mass is 9.84. The van der Waals surface area contributed by atoms with Crippen LogP contribution in [0.1, 0.15) is 80.0 Å². The van der Waals surface area contributed by atoms with Crippen molar-refractivity contribution in [3.8, 4) is 6.07 Å². The number of benzene rings is 2. The zero-order valence-corrected chi connectivity index (χ0v) is 23.8. The largest absolute Gasteiger partial charge is 0.341 e. The molecule has 2 heterocycles. The Morgan fingerprint density at radius 2 is 1.98 bits per heavy atom. The van der Waals surface area contributed by atoms with Gasteiger partial charge in [0.25, 0.3) is 5.91 Å². The summed E-state index contributed by atoms with van der Waals surface area (Å²) in [5.74, 6) is -1.27. The van der Waals surface area contributed by atoms with E-state index < -0.39 is 17.5 Å². The average Bonchev–Trinajstić information content (AvgIpc) is 3.37. The van der Waals surface area contributed by atoms with E-state index in [0.717, 1.165) is 17.5 Å². The molecule has 2 aromatic rings. The second kappa shape index (κ2) is 11.8. The molecule has 2 aromatic carbocycles. The van der Waals surface area contributed by atoms with E-state index in [1.54, 1.807) is 49.9 Å². The van der Waals surface area contributed by atoms with Crippen molar-refractivity contribution >= 4 is 17.7 Å². The van der Waals surface area contributed by atoms with Crippen LogP contribution in [0.5, 0.6) is 0 Å². The summed E-state index contributed by atoms with van der Waals surface area (Å²) >= 11 is 0. The molecule has 0 bridgehead atoms. The van der Waals surface area contributed by atoms with Gasteiger partial charge in [0.2, 0.25) is 11.8 Å². The van der Waals surface area contributed by atoms with E-state index in [0.29, 0.717) is 30.4 Å². The van der Waals surface area contributed by atoms with Gasteiger partial charge in [0.05, 0.1) is 23.6 Å². The maximum Gasteiger partial charge on any atom is 0.251 e. The number of carbonyl (C=O) groups is 3. The number of hydrazine groups is 1. The summed E-state index contributed by atoms with van der Waals surface area (Å²) in [5, 5.41) is 12.7. The number of rotatable bonds is 7. The van der Waals surface area contributed by atoms with Crippen LogP contribution in [0.3, 0.4) is 0 Å². The minimum Gasteiger partial charge on any atom is -0.341 e. The number of nitriles is 1. The lowest BCUT2D eigenvalue weighted by Gasteiger charge is -2.38. The standard InChI is InChI=1S/C31H38FN5O3/c1-18-13-23(10-9-21(18)15-24-14-19(2)35-36-29(24)39)28(38)34-20(3)30(40)37-26(22-7-6-8-25(32)16-22)11-12-27(37)31(4,5)17-33/h6-10,13,16,19-20,24,26-27,35H,11-12,14-15H2,1-5H3,(H,34,38)(H,36,39)/t19?,20-,24?,26+,27-/m1/s1. The van der Waals surface area contributed by atoms with Crippen LogP contribution in [-0.4, -0.2) is 40.7 Å². The Bertz CT molecular complexity index is 1340. The highest BCUT2D eigenvalue weighted by molar-refractivity contribution is 5.97. The molecular formula is C31H38FN5O3. The summed E-state index contributed by atoms with van der Waals surface area (Å²) in [7, 11) is 0. The maximum absolute atomic E-state index is 14.1. The fourth-order valence-corrected chi connectivity index (χ4v) is 5.90. The molecule has 9 heteroatoms. The Labute approximate surface area is 235 Å².